The van der Waals surface area contributed by atoms with Crippen LogP contribution in [0.5, 0.6) is 0 Å². The molecule has 1 aromatic heterocycles. The Morgan fingerprint density at radius 3 is 2.45 bits per heavy atom. The minimum atomic E-state index is -1.22. The Bertz CT molecular complexity index is 1280. The van der Waals surface area contributed by atoms with Gasteiger partial charge in [0.1, 0.15) is 5.52 Å². The van der Waals surface area contributed by atoms with Gasteiger partial charge in [-0.25, -0.2) is 19.6 Å². The number of methoxy groups -OCH3 is 2. The van der Waals surface area contributed by atoms with E-state index in [2.05, 4.69) is 30.8 Å². The van der Waals surface area contributed by atoms with Gasteiger partial charge in [-0.15, -0.1) is 4.57 Å². The van der Waals surface area contributed by atoms with Gasteiger partial charge in [-0.05, 0) is 29.8 Å². The smallest absolute Gasteiger partial charge is 0.403 e. The van der Waals surface area contributed by atoms with Crippen LogP contribution in [0.4, 0.5) is 5.82 Å². The number of fused-ring (bicyclic) bond motifs is 1. The lowest BCUT2D eigenvalue weighted by molar-refractivity contribution is -0.554. The van der Waals surface area contributed by atoms with Gasteiger partial charge in [0, 0.05) is 22.6 Å². The highest BCUT2D eigenvalue weighted by Crippen LogP contribution is 2.20. The largest absolute Gasteiger partial charge is 0.863 e. The minimum Gasteiger partial charge on any atom is -0.863 e. The van der Waals surface area contributed by atoms with E-state index in [1.165, 1.54) is 21.8 Å². The average Bonchev–Trinajstić information content (AvgIpc) is 2.82. The Labute approximate surface area is 202 Å². The van der Waals surface area contributed by atoms with Crippen LogP contribution in [-0.2, 0) is 19.1 Å². The van der Waals surface area contributed by atoms with E-state index in [1.54, 1.807) is 25.4 Å². The summed E-state index contributed by atoms with van der Waals surface area (Å²) in [5.41, 5.74) is 0.953. The molecule has 0 saturated heterocycles. The molecule has 0 saturated carbocycles. The van der Waals surface area contributed by atoms with Crippen molar-refractivity contribution in [3.05, 3.63) is 69.5 Å². The molecule has 1 heterocycles. The predicted molar refractivity (Wildman–Crippen MR) is 124 cm³/mol. The van der Waals surface area contributed by atoms with Crippen molar-refractivity contribution >= 4 is 68.2 Å². The van der Waals surface area contributed by atoms with E-state index in [1.807, 2.05) is 24.3 Å². The van der Waals surface area contributed by atoms with Gasteiger partial charge >= 0.3 is 11.9 Å². The number of nitrogens with zero attached hydrogens (tertiary/aromatic N) is 4. The van der Waals surface area contributed by atoms with E-state index < -0.39 is 23.4 Å². The highest BCUT2D eigenvalue weighted by molar-refractivity contribution is 9.10. The van der Waals surface area contributed by atoms with Crippen molar-refractivity contribution in [1.29, 1.82) is 0 Å². The number of carbonyl (C=O) groups is 2. The number of esters is 2. The minimum absolute atomic E-state index is 0.275. The summed E-state index contributed by atoms with van der Waals surface area (Å²) in [7, 11) is 3.78. The number of aromatic nitrogens is 2. The molecular formula is C22H18BrClN4O5. The fourth-order valence-corrected chi connectivity index (χ4v) is 3.24. The van der Waals surface area contributed by atoms with Gasteiger partial charge < -0.3 is 14.6 Å². The van der Waals surface area contributed by atoms with Crippen molar-refractivity contribution in [1.82, 2.24) is 4.98 Å². The standard InChI is InChI=1S/C22H18BrClN4O5/c1-27(25-11-13-4-6-14(23)7-5-13)18-12-28(17-10-15(24)8-9-16(17)26-18)19(21(30)32-2)20(29)22(31)33-3/h4-12H,1-3H3/b25-11+. The number of hydrogen-bond acceptors (Lipinski definition) is 8. The third-order valence-corrected chi connectivity index (χ3v) is 5.23. The summed E-state index contributed by atoms with van der Waals surface area (Å²) in [5, 5.41) is 18.8. The number of anilines is 1. The first kappa shape index (κ1) is 24.1. The summed E-state index contributed by atoms with van der Waals surface area (Å²) in [6.07, 6.45) is 3.00. The first-order chi connectivity index (χ1) is 15.7. The lowest BCUT2D eigenvalue weighted by atomic mass is 10.2. The van der Waals surface area contributed by atoms with Crippen LogP contribution < -0.4 is 14.7 Å². The summed E-state index contributed by atoms with van der Waals surface area (Å²) >= 11 is 9.51. The summed E-state index contributed by atoms with van der Waals surface area (Å²) < 4.78 is 11.4. The van der Waals surface area contributed by atoms with E-state index in [0.29, 0.717) is 16.1 Å². The molecule has 0 amide bonds. The molecule has 9 nitrogen and oxygen atoms in total. The van der Waals surface area contributed by atoms with Crippen LogP contribution in [0.1, 0.15) is 5.56 Å². The quantitative estimate of drug-likeness (QED) is 0.119. The summed E-state index contributed by atoms with van der Waals surface area (Å²) in [6.45, 7) is 0. The van der Waals surface area contributed by atoms with Gasteiger partial charge in [-0.2, -0.15) is 5.10 Å². The maximum Gasteiger partial charge on any atom is 0.403 e. The molecule has 0 unspecified atom stereocenters. The van der Waals surface area contributed by atoms with Crippen LogP contribution in [0.2, 0.25) is 5.02 Å². The first-order valence-electron chi connectivity index (χ1n) is 9.38. The Morgan fingerprint density at radius 2 is 1.82 bits per heavy atom. The van der Waals surface area contributed by atoms with Crippen molar-refractivity contribution in [3.8, 4) is 0 Å². The van der Waals surface area contributed by atoms with E-state index in [9.17, 15) is 14.7 Å². The van der Waals surface area contributed by atoms with E-state index in [4.69, 9.17) is 16.3 Å². The molecule has 0 bridgehead atoms. The molecule has 11 heteroatoms. The molecule has 0 aliphatic rings. The Kier molecular flexibility index (Phi) is 7.62. The molecule has 0 spiro atoms. The Morgan fingerprint density at radius 1 is 1.15 bits per heavy atom. The second kappa shape index (κ2) is 10.4. The summed E-state index contributed by atoms with van der Waals surface area (Å²) in [4.78, 5) is 29.0. The monoisotopic (exact) mass is 532 g/mol. The summed E-state index contributed by atoms with van der Waals surface area (Å²) in [6, 6.07) is 12.2. The normalized spacial score (nSPS) is 11.9. The molecule has 0 aliphatic heterocycles. The molecule has 3 rings (SSSR count). The SMILES string of the molecule is COC(=O)/C([O-])=C(\C(=O)OC)[n+]1cc(N(C)/N=C/c2ccc(Br)cc2)nc2ccc(Cl)cc21. The van der Waals surface area contributed by atoms with Crippen LogP contribution >= 0.6 is 27.5 Å². The van der Waals surface area contributed by atoms with Crippen LogP contribution in [0.15, 0.2) is 64.0 Å². The second-order valence-corrected chi connectivity index (χ2v) is 7.93. The fourth-order valence-electron chi connectivity index (χ4n) is 2.81. The maximum atomic E-state index is 12.7. The molecule has 0 radical (unpaired) electrons. The van der Waals surface area contributed by atoms with Crippen molar-refractivity contribution < 1.29 is 28.7 Å². The van der Waals surface area contributed by atoms with Crippen LogP contribution in [-0.4, -0.2) is 44.4 Å². The number of hydrogen-bond donors (Lipinski definition) is 0. The number of rotatable bonds is 6. The molecule has 3 aromatic rings. The third-order valence-electron chi connectivity index (χ3n) is 4.46. The second-order valence-electron chi connectivity index (χ2n) is 6.58. The number of hydrazone groups is 1. The highest BCUT2D eigenvalue weighted by Gasteiger charge is 2.30. The van der Waals surface area contributed by atoms with Gasteiger partial charge in [0.2, 0.25) is 17.5 Å². The number of halogens is 2. The Hall–Kier alpha value is -3.50. The molecule has 170 valence electrons. The lowest BCUT2D eigenvalue weighted by Crippen LogP contribution is -2.43. The predicted octanol–water partition coefficient (Wildman–Crippen LogP) is 2.28. The van der Waals surface area contributed by atoms with Crippen molar-refractivity contribution in [2.75, 3.05) is 26.3 Å². The number of ether oxygens (including phenoxy) is 2. The van der Waals surface area contributed by atoms with E-state index >= 15 is 0 Å². The van der Waals surface area contributed by atoms with Gasteiger partial charge in [0.25, 0.3) is 5.70 Å². The van der Waals surface area contributed by atoms with Gasteiger partial charge in [-0.3, -0.25) is 0 Å². The topological polar surface area (TPSA) is 108 Å². The van der Waals surface area contributed by atoms with Gasteiger partial charge in [0.15, 0.2) is 0 Å². The average molecular weight is 534 g/mol. The van der Waals surface area contributed by atoms with E-state index in [-0.39, 0.29) is 5.82 Å². The summed E-state index contributed by atoms with van der Waals surface area (Å²) in [5.74, 6) is -3.17. The fraction of sp³-hybridized carbons (Fsp3) is 0.136. The molecule has 0 aliphatic carbocycles. The molecule has 33 heavy (non-hydrogen) atoms. The zero-order valence-electron chi connectivity index (χ0n) is 17.8. The lowest BCUT2D eigenvalue weighted by Gasteiger charge is -2.15. The van der Waals surface area contributed by atoms with Crippen LogP contribution in [0, 0.1) is 0 Å². The molecular weight excluding hydrogens is 516 g/mol. The Balaban J connectivity index is 2.19. The van der Waals surface area contributed by atoms with Crippen molar-refractivity contribution in [2.45, 2.75) is 0 Å². The third kappa shape index (κ3) is 5.47. The molecule has 2 aromatic carbocycles. The number of carbonyl (C=O) groups excluding carboxylic acids is 2. The highest BCUT2D eigenvalue weighted by atomic mass is 79.9. The number of benzene rings is 2. The maximum absolute atomic E-state index is 12.7. The zero-order chi connectivity index (χ0) is 24.1. The first-order valence-corrected chi connectivity index (χ1v) is 10.6. The van der Waals surface area contributed by atoms with Gasteiger partial charge in [0.05, 0.1) is 26.2 Å². The molecule has 0 atom stereocenters. The van der Waals surface area contributed by atoms with Gasteiger partial charge in [-0.1, -0.05) is 39.7 Å². The van der Waals surface area contributed by atoms with Crippen LogP contribution in [0.25, 0.3) is 16.7 Å². The molecule has 0 fully saturated rings. The van der Waals surface area contributed by atoms with Crippen molar-refractivity contribution in [2.24, 2.45) is 5.10 Å². The van der Waals surface area contributed by atoms with Crippen molar-refractivity contribution in [3.63, 3.8) is 0 Å². The molecule has 0 N–H and O–H groups in total. The zero-order valence-corrected chi connectivity index (χ0v) is 20.1. The van der Waals surface area contributed by atoms with E-state index in [0.717, 1.165) is 24.3 Å². The van der Waals surface area contributed by atoms with Crippen LogP contribution in [0.3, 0.4) is 0 Å².